The van der Waals surface area contributed by atoms with E-state index in [1.54, 1.807) is 11.0 Å². The van der Waals surface area contributed by atoms with Crippen LogP contribution in [0.1, 0.15) is 18.4 Å². The zero-order valence-corrected chi connectivity index (χ0v) is 16.9. The normalized spacial score (nSPS) is 15.8. The Balaban J connectivity index is 2.02. The fraction of sp³-hybridized carbons (Fsp3) is 0.350. The van der Waals surface area contributed by atoms with Crippen molar-refractivity contribution >= 4 is 28.8 Å². The molecule has 1 aliphatic rings. The number of rotatable bonds is 7. The molecule has 1 aromatic heterocycles. The molecule has 4 N–H and O–H groups in total. The first-order valence-corrected chi connectivity index (χ1v) is 9.86. The van der Waals surface area contributed by atoms with E-state index in [9.17, 15) is 9.59 Å². The lowest BCUT2D eigenvalue weighted by Gasteiger charge is -2.29. The molecule has 3 rings (SSSR count). The average Bonchev–Trinajstić information content (AvgIpc) is 3.22. The zero-order valence-electron chi connectivity index (χ0n) is 16.1. The Bertz CT molecular complexity index is 980. The molecular weight excluding hydrogens is 390 g/mol. The summed E-state index contributed by atoms with van der Waals surface area (Å²) in [6.45, 7) is 5.37. The molecule has 0 bridgehead atoms. The summed E-state index contributed by atoms with van der Waals surface area (Å²) in [6.07, 6.45) is 3.40. The van der Waals surface area contributed by atoms with Gasteiger partial charge in [0.1, 0.15) is 5.82 Å². The number of aromatic amines is 1. The summed E-state index contributed by atoms with van der Waals surface area (Å²) in [7, 11) is 0. The maximum absolute atomic E-state index is 12.7. The molecule has 0 saturated carbocycles. The predicted octanol–water partition coefficient (Wildman–Crippen LogP) is 1.21. The largest absolute Gasteiger partial charge is 0.383 e. The van der Waals surface area contributed by atoms with Gasteiger partial charge in [-0.15, -0.1) is 6.58 Å². The third kappa shape index (κ3) is 4.93. The van der Waals surface area contributed by atoms with Gasteiger partial charge in [0.25, 0.3) is 5.56 Å². The second-order valence-electron chi connectivity index (χ2n) is 6.79. The molecule has 1 fully saturated rings. The Kier molecular flexibility index (Phi) is 6.84. The first kappa shape index (κ1) is 20.8. The van der Waals surface area contributed by atoms with Gasteiger partial charge in [-0.2, -0.15) is 0 Å². The SMILES string of the molecule is C=CCNC(=S)N(C[C@H]1CCCO1)c1c(N)n(Cc2ccccc2)c(=O)[nH]c1=O. The first-order chi connectivity index (χ1) is 14.0. The van der Waals surface area contributed by atoms with E-state index in [1.807, 2.05) is 30.3 Å². The van der Waals surface area contributed by atoms with E-state index in [0.717, 1.165) is 18.4 Å². The number of nitrogens with zero attached hydrogens (tertiary/aromatic N) is 2. The van der Waals surface area contributed by atoms with Crippen LogP contribution in [-0.4, -0.2) is 40.5 Å². The van der Waals surface area contributed by atoms with Gasteiger partial charge in [-0.25, -0.2) is 4.79 Å². The molecule has 2 heterocycles. The Morgan fingerprint density at radius 1 is 1.41 bits per heavy atom. The van der Waals surface area contributed by atoms with Gasteiger partial charge in [0.05, 0.1) is 19.2 Å². The molecule has 0 radical (unpaired) electrons. The number of aromatic nitrogens is 2. The molecule has 154 valence electrons. The van der Waals surface area contributed by atoms with Gasteiger partial charge in [0.15, 0.2) is 10.8 Å². The smallest absolute Gasteiger partial charge is 0.330 e. The molecular formula is C20H25N5O3S. The van der Waals surface area contributed by atoms with Crippen LogP contribution in [0.15, 0.2) is 52.6 Å². The lowest BCUT2D eigenvalue weighted by Crippen LogP contribution is -2.48. The van der Waals surface area contributed by atoms with Crippen LogP contribution >= 0.6 is 12.2 Å². The molecule has 1 atom stereocenters. The van der Waals surface area contributed by atoms with Crippen molar-refractivity contribution in [1.29, 1.82) is 0 Å². The molecule has 29 heavy (non-hydrogen) atoms. The minimum absolute atomic E-state index is 0.0587. The Morgan fingerprint density at radius 2 is 2.17 bits per heavy atom. The number of ether oxygens (including phenoxy) is 1. The molecule has 0 unspecified atom stereocenters. The molecule has 0 spiro atoms. The summed E-state index contributed by atoms with van der Waals surface area (Å²) in [6, 6.07) is 9.41. The summed E-state index contributed by atoms with van der Waals surface area (Å²) < 4.78 is 7.06. The molecule has 1 aromatic carbocycles. The van der Waals surface area contributed by atoms with Gasteiger partial charge in [-0.05, 0) is 30.6 Å². The van der Waals surface area contributed by atoms with Crippen LogP contribution in [-0.2, 0) is 11.3 Å². The summed E-state index contributed by atoms with van der Waals surface area (Å²) in [5.41, 5.74) is 6.20. The molecule has 2 aromatic rings. The minimum Gasteiger partial charge on any atom is -0.383 e. The average molecular weight is 416 g/mol. The molecule has 9 heteroatoms. The van der Waals surface area contributed by atoms with E-state index in [4.69, 9.17) is 22.7 Å². The quantitative estimate of drug-likeness (QED) is 0.461. The maximum atomic E-state index is 12.7. The van der Waals surface area contributed by atoms with Crippen LogP contribution in [0.5, 0.6) is 0 Å². The predicted molar refractivity (Wildman–Crippen MR) is 118 cm³/mol. The van der Waals surface area contributed by atoms with Crippen LogP contribution in [0.25, 0.3) is 0 Å². The van der Waals surface area contributed by atoms with Gasteiger partial charge in [0.2, 0.25) is 0 Å². The number of hydrogen-bond acceptors (Lipinski definition) is 5. The number of thiocarbonyl (C=S) groups is 1. The van der Waals surface area contributed by atoms with Crippen LogP contribution in [0.2, 0.25) is 0 Å². The number of anilines is 2. The topological polar surface area (TPSA) is 105 Å². The number of nitrogen functional groups attached to an aromatic ring is 1. The molecule has 0 amide bonds. The van der Waals surface area contributed by atoms with E-state index < -0.39 is 11.2 Å². The number of nitrogens with one attached hydrogen (secondary N) is 2. The van der Waals surface area contributed by atoms with E-state index in [0.29, 0.717) is 24.8 Å². The van der Waals surface area contributed by atoms with Crippen molar-refractivity contribution in [1.82, 2.24) is 14.9 Å². The standard InChI is InChI=1S/C20H25N5O3S/c1-2-10-22-20(29)24(13-15-9-6-11-28-15)16-17(21)25(19(27)23-18(16)26)12-14-7-4-3-5-8-14/h2-5,7-8,15H,1,6,9-13,21H2,(H,22,29)(H,23,26,27)/t15-/m1/s1. The highest BCUT2D eigenvalue weighted by Gasteiger charge is 2.27. The Morgan fingerprint density at radius 3 is 2.83 bits per heavy atom. The number of hydrogen-bond donors (Lipinski definition) is 3. The number of benzene rings is 1. The van der Waals surface area contributed by atoms with Crippen molar-refractivity contribution in [3.05, 3.63) is 69.4 Å². The summed E-state index contributed by atoms with van der Waals surface area (Å²) in [5, 5.41) is 3.35. The van der Waals surface area contributed by atoms with Crippen LogP contribution in [0, 0.1) is 0 Å². The fourth-order valence-electron chi connectivity index (χ4n) is 3.28. The summed E-state index contributed by atoms with van der Waals surface area (Å²) >= 11 is 5.50. The lowest BCUT2D eigenvalue weighted by molar-refractivity contribution is 0.117. The lowest BCUT2D eigenvalue weighted by atomic mass is 10.2. The monoisotopic (exact) mass is 415 g/mol. The van der Waals surface area contributed by atoms with Crippen LogP contribution in [0.3, 0.4) is 0 Å². The molecule has 8 nitrogen and oxygen atoms in total. The van der Waals surface area contributed by atoms with E-state index in [1.165, 1.54) is 4.57 Å². The molecule has 0 aliphatic carbocycles. The summed E-state index contributed by atoms with van der Waals surface area (Å²) in [4.78, 5) is 29.2. The van der Waals surface area contributed by atoms with Crippen LogP contribution < -0.4 is 27.2 Å². The second kappa shape index (κ2) is 9.53. The first-order valence-electron chi connectivity index (χ1n) is 9.45. The van der Waals surface area contributed by atoms with E-state index in [-0.39, 0.29) is 24.2 Å². The molecule has 1 saturated heterocycles. The van der Waals surface area contributed by atoms with Crippen molar-refractivity contribution < 1.29 is 4.74 Å². The van der Waals surface area contributed by atoms with Crippen molar-refractivity contribution in [3.63, 3.8) is 0 Å². The third-order valence-electron chi connectivity index (χ3n) is 4.72. The highest BCUT2D eigenvalue weighted by Crippen LogP contribution is 2.21. The van der Waals surface area contributed by atoms with Gasteiger partial charge < -0.3 is 20.7 Å². The maximum Gasteiger partial charge on any atom is 0.330 e. The summed E-state index contributed by atoms with van der Waals surface area (Å²) in [5.74, 6) is 0.0587. The van der Waals surface area contributed by atoms with Gasteiger partial charge in [-0.1, -0.05) is 36.4 Å². The van der Waals surface area contributed by atoms with Crippen molar-refractivity contribution in [2.24, 2.45) is 0 Å². The Hall–Kier alpha value is -2.91. The Labute approximate surface area is 174 Å². The van der Waals surface area contributed by atoms with Crippen molar-refractivity contribution in [2.45, 2.75) is 25.5 Å². The molecule has 1 aliphatic heterocycles. The van der Waals surface area contributed by atoms with Crippen molar-refractivity contribution in [2.75, 3.05) is 30.3 Å². The minimum atomic E-state index is -0.586. The van der Waals surface area contributed by atoms with Crippen LogP contribution in [0.4, 0.5) is 11.5 Å². The highest BCUT2D eigenvalue weighted by atomic mass is 32.1. The fourth-order valence-corrected chi connectivity index (χ4v) is 3.53. The zero-order chi connectivity index (χ0) is 20.8. The second-order valence-corrected chi connectivity index (χ2v) is 7.17. The van der Waals surface area contributed by atoms with E-state index in [2.05, 4.69) is 16.9 Å². The number of nitrogens with two attached hydrogens (primary N) is 1. The third-order valence-corrected chi connectivity index (χ3v) is 5.09. The van der Waals surface area contributed by atoms with E-state index >= 15 is 0 Å². The van der Waals surface area contributed by atoms with Gasteiger partial charge >= 0.3 is 5.69 Å². The van der Waals surface area contributed by atoms with Gasteiger partial charge in [0, 0.05) is 13.2 Å². The van der Waals surface area contributed by atoms with Crippen molar-refractivity contribution in [3.8, 4) is 0 Å². The highest BCUT2D eigenvalue weighted by molar-refractivity contribution is 7.80. The number of H-pyrrole nitrogens is 1. The van der Waals surface area contributed by atoms with Gasteiger partial charge in [-0.3, -0.25) is 14.3 Å².